The summed E-state index contributed by atoms with van der Waals surface area (Å²) in [5.74, 6) is 0.792. The highest BCUT2D eigenvalue weighted by Crippen LogP contribution is 2.23. The number of nitrogens with one attached hydrogen (secondary N) is 1. The Hall–Kier alpha value is -2.38. The number of carbonyl (C=O) groups is 1. The number of aryl methyl sites for hydroxylation is 3. The second kappa shape index (κ2) is 6.62. The molecule has 1 aliphatic heterocycles. The van der Waals surface area contributed by atoms with Crippen LogP contribution in [0.15, 0.2) is 12.4 Å². The van der Waals surface area contributed by atoms with Crippen molar-refractivity contribution in [2.75, 3.05) is 13.1 Å². The maximum atomic E-state index is 12.4. The van der Waals surface area contributed by atoms with Gasteiger partial charge in [-0.15, -0.1) is 10.2 Å². The van der Waals surface area contributed by atoms with Gasteiger partial charge < -0.3 is 14.8 Å². The molecule has 1 aliphatic rings. The summed E-state index contributed by atoms with van der Waals surface area (Å²) in [4.78, 5) is 14.2. The standard InChI is InChI=1S/C16H25N7O/c1-5-6-21-10-17-19-15(21)13(4)18-16(24)22-8-14(9-22)23-12(3)7-11(2)20-23/h7,10,13-14H,5-6,8-9H2,1-4H3,(H,18,24). The molecule has 130 valence electrons. The predicted octanol–water partition coefficient (Wildman–Crippen LogP) is 1.83. The first-order valence-electron chi connectivity index (χ1n) is 8.45. The van der Waals surface area contributed by atoms with Gasteiger partial charge in [0.1, 0.15) is 6.33 Å². The Bertz CT molecular complexity index is 714. The molecule has 1 atom stereocenters. The first-order valence-corrected chi connectivity index (χ1v) is 8.45. The van der Waals surface area contributed by atoms with Gasteiger partial charge in [-0.25, -0.2) is 4.79 Å². The third-order valence-corrected chi connectivity index (χ3v) is 4.38. The van der Waals surface area contributed by atoms with E-state index < -0.39 is 0 Å². The minimum absolute atomic E-state index is 0.0636. The van der Waals surface area contributed by atoms with Crippen LogP contribution in [0, 0.1) is 13.8 Å². The number of hydrogen-bond donors (Lipinski definition) is 1. The van der Waals surface area contributed by atoms with Crippen LogP contribution in [0.5, 0.6) is 0 Å². The van der Waals surface area contributed by atoms with E-state index in [1.165, 1.54) is 0 Å². The van der Waals surface area contributed by atoms with Crippen LogP contribution < -0.4 is 5.32 Å². The lowest BCUT2D eigenvalue weighted by atomic mass is 10.1. The first-order chi connectivity index (χ1) is 11.5. The molecule has 1 fully saturated rings. The topological polar surface area (TPSA) is 80.9 Å². The van der Waals surface area contributed by atoms with E-state index in [-0.39, 0.29) is 18.1 Å². The highest BCUT2D eigenvalue weighted by Gasteiger charge is 2.34. The molecule has 0 saturated carbocycles. The zero-order valence-electron chi connectivity index (χ0n) is 14.7. The number of nitrogens with zero attached hydrogens (tertiary/aromatic N) is 6. The van der Waals surface area contributed by atoms with Gasteiger partial charge in [0.15, 0.2) is 5.82 Å². The van der Waals surface area contributed by atoms with Crippen molar-refractivity contribution in [3.63, 3.8) is 0 Å². The zero-order chi connectivity index (χ0) is 17.3. The van der Waals surface area contributed by atoms with Gasteiger partial charge in [-0.2, -0.15) is 5.10 Å². The van der Waals surface area contributed by atoms with Gasteiger partial charge in [-0.3, -0.25) is 4.68 Å². The van der Waals surface area contributed by atoms with Crippen molar-refractivity contribution >= 4 is 6.03 Å². The second-order valence-electron chi connectivity index (χ2n) is 6.48. The molecule has 0 aliphatic carbocycles. The van der Waals surface area contributed by atoms with E-state index in [1.807, 2.05) is 30.0 Å². The molecule has 0 radical (unpaired) electrons. The van der Waals surface area contributed by atoms with Crippen LogP contribution in [0.4, 0.5) is 4.79 Å². The van der Waals surface area contributed by atoms with Gasteiger partial charge in [-0.05, 0) is 33.3 Å². The largest absolute Gasteiger partial charge is 0.328 e. The Kier molecular flexibility index (Phi) is 4.55. The third kappa shape index (κ3) is 3.13. The van der Waals surface area contributed by atoms with E-state index in [0.29, 0.717) is 13.1 Å². The van der Waals surface area contributed by atoms with Crippen LogP contribution in [-0.2, 0) is 6.54 Å². The fraction of sp³-hybridized carbons (Fsp3) is 0.625. The van der Waals surface area contributed by atoms with Crippen molar-refractivity contribution in [1.82, 2.24) is 34.8 Å². The van der Waals surface area contributed by atoms with E-state index in [2.05, 4.69) is 33.6 Å². The van der Waals surface area contributed by atoms with Crippen LogP contribution in [-0.4, -0.2) is 48.6 Å². The molecule has 2 aromatic rings. The van der Waals surface area contributed by atoms with E-state index in [9.17, 15) is 4.79 Å². The smallest absolute Gasteiger partial charge is 0.318 e. The van der Waals surface area contributed by atoms with E-state index in [0.717, 1.165) is 30.2 Å². The third-order valence-electron chi connectivity index (χ3n) is 4.38. The number of urea groups is 1. The molecule has 0 bridgehead atoms. The number of aromatic nitrogens is 5. The molecule has 2 amide bonds. The van der Waals surface area contributed by atoms with E-state index >= 15 is 0 Å². The second-order valence-corrected chi connectivity index (χ2v) is 6.48. The minimum atomic E-state index is -0.167. The summed E-state index contributed by atoms with van der Waals surface area (Å²) >= 11 is 0. The molecule has 24 heavy (non-hydrogen) atoms. The van der Waals surface area contributed by atoms with Crippen LogP contribution in [0.25, 0.3) is 0 Å². The maximum Gasteiger partial charge on any atom is 0.318 e. The lowest BCUT2D eigenvalue weighted by Crippen LogP contribution is -2.55. The molecule has 8 nitrogen and oxygen atoms in total. The van der Waals surface area contributed by atoms with Gasteiger partial charge in [0, 0.05) is 25.3 Å². The molecular weight excluding hydrogens is 306 g/mol. The predicted molar refractivity (Wildman–Crippen MR) is 89.6 cm³/mol. The quantitative estimate of drug-likeness (QED) is 0.906. The molecule has 0 spiro atoms. The Morgan fingerprint density at radius 3 is 2.79 bits per heavy atom. The number of likely N-dealkylation sites (tertiary alicyclic amines) is 1. The highest BCUT2D eigenvalue weighted by molar-refractivity contribution is 5.75. The summed E-state index contributed by atoms with van der Waals surface area (Å²) in [6, 6.07) is 2.10. The minimum Gasteiger partial charge on any atom is -0.328 e. The fourth-order valence-electron chi connectivity index (χ4n) is 3.15. The molecule has 0 aromatic carbocycles. The van der Waals surface area contributed by atoms with Crippen LogP contribution in [0.3, 0.4) is 0 Å². The van der Waals surface area contributed by atoms with Crippen molar-refractivity contribution in [2.24, 2.45) is 0 Å². The lowest BCUT2D eigenvalue weighted by molar-refractivity contribution is 0.115. The van der Waals surface area contributed by atoms with Crippen LogP contribution >= 0.6 is 0 Å². The van der Waals surface area contributed by atoms with Crippen LogP contribution in [0.1, 0.15) is 49.6 Å². The molecule has 3 heterocycles. The monoisotopic (exact) mass is 331 g/mol. The molecule has 8 heteroatoms. The van der Waals surface area contributed by atoms with Crippen molar-refractivity contribution in [1.29, 1.82) is 0 Å². The Labute approximate surface area is 141 Å². The molecular formula is C16H25N7O. The summed E-state index contributed by atoms with van der Waals surface area (Å²) in [6.07, 6.45) is 2.71. The average molecular weight is 331 g/mol. The van der Waals surface area contributed by atoms with Gasteiger partial charge in [0.05, 0.1) is 17.8 Å². The molecule has 1 saturated heterocycles. The normalized spacial score (nSPS) is 16.1. The number of hydrogen-bond acceptors (Lipinski definition) is 4. The SMILES string of the molecule is CCCn1cnnc1C(C)NC(=O)N1CC(n2nc(C)cc2C)C1. The first kappa shape index (κ1) is 16.5. The van der Waals surface area contributed by atoms with E-state index in [4.69, 9.17) is 0 Å². The van der Waals surface area contributed by atoms with Crippen molar-refractivity contribution in [3.8, 4) is 0 Å². The summed E-state index contributed by atoms with van der Waals surface area (Å²) in [7, 11) is 0. The number of rotatable bonds is 5. The molecule has 1 N–H and O–H groups in total. The summed E-state index contributed by atoms with van der Waals surface area (Å²) in [6.45, 7) is 10.3. The number of amides is 2. The zero-order valence-corrected chi connectivity index (χ0v) is 14.7. The van der Waals surface area contributed by atoms with E-state index in [1.54, 1.807) is 11.2 Å². The summed E-state index contributed by atoms with van der Waals surface area (Å²) < 4.78 is 4.00. The average Bonchev–Trinajstić information content (AvgIpc) is 3.05. The Morgan fingerprint density at radius 1 is 1.42 bits per heavy atom. The van der Waals surface area contributed by atoms with Crippen LogP contribution in [0.2, 0.25) is 0 Å². The maximum absolute atomic E-state index is 12.4. The van der Waals surface area contributed by atoms with Gasteiger partial charge in [0.25, 0.3) is 0 Å². The van der Waals surface area contributed by atoms with Gasteiger partial charge >= 0.3 is 6.03 Å². The molecule has 1 unspecified atom stereocenters. The fourth-order valence-corrected chi connectivity index (χ4v) is 3.15. The Morgan fingerprint density at radius 2 is 2.17 bits per heavy atom. The van der Waals surface area contributed by atoms with Gasteiger partial charge in [0.2, 0.25) is 0 Å². The van der Waals surface area contributed by atoms with Crippen molar-refractivity contribution in [2.45, 2.75) is 52.7 Å². The van der Waals surface area contributed by atoms with Crippen molar-refractivity contribution < 1.29 is 4.79 Å². The lowest BCUT2D eigenvalue weighted by Gasteiger charge is -2.40. The molecule has 2 aromatic heterocycles. The summed E-state index contributed by atoms with van der Waals surface area (Å²) in [5, 5.41) is 15.6. The molecule has 3 rings (SSSR count). The summed E-state index contributed by atoms with van der Waals surface area (Å²) in [5.41, 5.74) is 2.15. The van der Waals surface area contributed by atoms with Crippen molar-refractivity contribution in [3.05, 3.63) is 29.6 Å². The van der Waals surface area contributed by atoms with Gasteiger partial charge in [-0.1, -0.05) is 6.92 Å². The Balaban J connectivity index is 1.55. The highest BCUT2D eigenvalue weighted by atomic mass is 16.2. The number of carbonyl (C=O) groups excluding carboxylic acids is 1.